The molecule has 4 nitrogen and oxygen atoms in total. The van der Waals surface area contributed by atoms with E-state index in [1.807, 2.05) is 31.1 Å². The fraction of sp³-hybridized carbons (Fsp3) is 0.500. The molecule has 1 N–H and O–H groups in total. The highest BCUT2D eigenvalue weighted by Crippen LogP contribution is 2.22. The molecule has 0 bridgehead atoms. The first-order chi connectivity index (χ1) is 8.37. The normalized spacial score (nSPS) is 26.4. The zero-order valence-corrected chi connectivity index (χ0v) is 12.0. The molecule has 1 fully saturated rings. The summed E-state index contributed by atoms with van der Waals surface area (Å²) in [5.74, 6) is 0.393. The molecule has 1 saturated heterocycles. The van der Waals surface area contributed by atoms with Crippen LogP contribution in [-0.2, 0) is 9.84 Å². The maximum atomic E-state index is 11.7. The van der Waals surface area contributed by atoms with Crippen molar-refractivity contribution in [2.75, 3.05) is 30.9 Å². The number of rotatable bonds is 3. The van der Waals surface area contributed by atoms with E-state index in [-0.39, 0.29) is 23.6 Å². The Morgan fingerprint density at radius 1 is 1.22 bits per heavy atom. The van der Waals surface area contributed by atoms with Crippen LogP contribution < -0.4 is 5.32 Å². The summed E-state index contributed by atoms with van der Waals surface area (Å²) in [5.41, 5.74) is 0.897. The minimum Gasteiger partial charge on any atom is -0.380 e. The zero-order valence-electron chi connectivity index (χ0n) is 10.4. The van der Waals surface area contributed by atoms with Gasteiger partial charge in [-0.15, -0.1) is 0 Å². The lowest BCUT2D eigenvalue weighted by Crippen LogP contribution is -2.42. The Morgan fingerprint density at radius 2 is 1.83 bits per heavy atom. The number of nitrogens with zero attached hydrogens (tertiary/aromatic N) is 1. The molecule has 1 aliphatic rings. The molecule has 0 amide bonds. The average molecular weight is 289 g/mol. The van der Waals surface area contributed by atoms with Crippen molar-refractivity contribution < 1.29 is 8.42 Å². The molecule has 18 heavy (non-hydrogen) atoms. The maximum absolute atomic E-state index is 11.7. The first kappa shape index (κ1) is 13.6. The zero-order chi connectivity index (χ0) is 13.3. The summed E-state index contributed by atoms with van der Waals surface area (Å²) in [6.45, 7) is 0. The fourth-order valence-electron chi connectivity index (χ4n) is 2.24. The van der Waals surface area contributed by atoms with Gasteiger partial charge in [0.25, 0.3) is 0 Å². The van der Waals surface area contributed by atoms with Gasteiger partial charge in [0.1, 0.15) is 0 Å². The Kier molecular flexibility index (Phi) is 3.84. The van der Waals surface area contributed by atoms with Crippen molar-refractivity contribution in [2.24, 2.45) is 0 Å². The second-order valence-electron chi connectivity index (χ2n) is 4.87. The third kappa shape index (κ3) is 3.16. The van der Waals surface area contributed by atoms with Crippen LogP contribution in [0.3, 0.4) is 0 Å². The molecule has 2 atom stereocenters. The quantitative estimate of drug-likeness (QED) is 0.915. The van der Waals surface area contributed by atoms with Gasteiger partial charge in [-0.1, -0.05) is 11.6 Å². The Balaban J connectivity index is 2.14. The van der Waals surface area contributed by atoms with Crippen LogP contribution >= 0.6 is 11.6 Å². The first-order valence-corrected chi connectivity index (χ1v) is 7.96. The number of likely N-dealkylation sites (N-methyl/N-ethyl adjacent to an activating group) is 1. The number of hydrogen-bond donors (Lipinski definition) is 1. The number of nitrogens with one attached hydrogen (secondary N) is 1. The van der Waals surface area contributed by atoms with E-state index in [1.165, 1.54) is 0 Å². The largest absolute Gasteiger partial charge is 0.380 e. The minimum absolute atomic E-state index is 0.00526. The van der Waals surface area contributed by atoms with E-state index in [9.17, 15) is 8.42 Å². The third-order valence-corrected chi connectivity index (χ3v) is 5.15. The van der Waals surface area contributed by atoms with Crippen molar-refractivity contribution in [3.63, 3.8) is 0 Å². The summed E-state index contributed by atoms with van der Waals surface area (Å²) in [4.78, 5) is 1.96. The van der Waals surface area contributed by atoms with Gasteiger partial charge in [0, 0.05) is 16.8 Å². The van der Waals surface area contributed by atoms with Gasteiger partial charge in [0.05, 0.1) is 17.5 Å². The minimum atomic E-state index is -2.95. The van der Waals surface area contributed by atoms with Crippen molar-refractivity contribution in [2.45, 2.75) is 12.1 Å². The van der Waals surface area contributed by atoms with Crippen molar-refractivity contribution in [1.29, 1.82) is 0 Å². The molecule has 2 rings (SSSR count). The van der Waals surface area contributed by atoms with Crippen LogP contribution in [0.2, 0.25) is 5.02 Å². The van der Waals surface area contributed by atoms with Crippen LogP contribution in [0, 0.1) is 0 Å². The summed E-state index contributed by atoms with van der Waals surface area (Å²) in [5, 5.41) is 3.95. The van der Waals surface area contributed by atoms with Crippen molar-refractivity contribution >= 4 is 27.1 Å². The average Bonchev–Trinajstić information content (AvgIpc) is 2.57. The molecule has 0 aromatic heterocycles. The standard InChI is InChI=1S/C12H17ClN2O2S/c1-15(2)12-8-18(16,17)7-11(12)14-10-5-3-9(13)4-6-10/h3-6,11-12,14H,7-8H2,1-2H3. The smallest absolute Gasteiger partial charge is 0.153 e. The summed E-state index contributed by atoms with van der Waals surface area (Å²) in [6, 6.07) is 7.23. The molecule has 100 valence electrons. The van der Waals surface area contributed by atoms with E-state index in [0.29, 0.717) is 5.02 Å². The Hall–Kier alpha value is -0.780. The van der Waals surface area contributed by atoms with Gasteiger partial charge in [-0.3, -0.25) is 0 Å². The van der Waals surface area contributed by atoms with Crippen LogP contribution in [0.1, 0.15) is 0 Å². The molecule has 0 aliphatic carbocycles. The first-order valence-electron chi connectivity index (χ1n) is 5.76. The molecule has 0 radical (unpaired) electrons. The van der Waals surface area contributed by atoms with Gasteiger partial charge < -0.3 is 10.2 Å². The molecule has 1 heterocycles. The summed E-state index contributed by atoms with van der Waals surface area (Å²) in [7, 11) is 0.861. The van der Waals surface area contributed by atoms with Gasteiger partial charge >= 0.3 is 0 Å². The second kappa shape index (κ2) is 5.07. The Bertz CT molecular complexity index is 513. The molecule has 6 heteroatoms. The molecule has 1 aliphatic heterocycles. The fourth-order valence-corrected chi connectivity index (χ4v) is 4.40. The number of sulfone groups is 1. The van der Waals surface area contributed by atoms with E-state index in [1.54, 1.807) is 12.1 Å². The monoisotopic (exact) mass is 288 g/mol. The molecule has 0 saturated carbocycles. The second-order valence-corrected chi connectivity index (χ2v) is 7.46. The van der Waals surface area contributed by atoms with E-state index in [4.69, 9.17) is 11.6 Å². The SMILES string of the molecule is CN(C)C1CS(=O)(=O)CC1Nc1ccc(Cl)cc1. The summed E-state index contributed by atoms with van der Waals surface area (Å²) in [6.07, 6.45) is 0. The lowest BCUT2D eigenvalue weighted by molar-refractivity contribution is 0.304. The van der Waals surface area contributed by atoms with Gasteiger partial charge in [-0.05, 0) is 38.4 Å². The van der Waals surface area contributed by atoms with E-state index >= 15 is 0 Å². The van der Waals surface area contributed by atoms with E-state index in [0.717, 1.165) is 5.69 Å². The number of halogens is 1. The van der Waals surface area contributed by atoms with Crippen molar-refractivity contribution in [1.82, 2.24) is 4.90 Å². The molecule has 1 aromatic rings. The molecule has 0 spiro atoms. The van der Waals surface area contributed by atoms with Crippen molar-refractivity contribution in [3.8, 4) is 0 Å². The molecule has 1 aromatic carbocycles. The lowest BCUT2D eigenvalue weighted by atomic mass is 10.1. The topological polar surface area (TPSA) is 49.4 Å². The highest BCUT2D eigenvalue weighted by molar-refractivity contribution is 7.91. The van der Waals surface area contributed by atoms with Gasteiger partial charge in [0.15, 0.2) is 9.84 Å². The summed E-state index contributed by atoms with van der Waals surface area (Å²) < 4.78 is 23.4. The van der Waals surface area contributed by atoms with Crippen LogP contribution in [0.5, 0.6) is 0 Å². The molecular weight excluding hydrogens is 272 g/mol. The third-order valence-electron chi connectivity index (χ3n) is 3.18. The highest BCUT2D eigenvalue weighted by Gasteiger charge is 2.38. The Morgan fingerprint density at radius 3 is 2.39 bits per heavy atom. The van der Waals surface area contributed by atoms with Crippen LogP contribution in [0.25, 0.3) is 0 Å². The predicted octanol–water partition coefficient (Wildman–Crippen LogP) is 1.48. The van der Waals surface area contributed by atoms with Gasteiger partial charge in [-0.25, -0.2) is 8.42 Å². The summed E-state index contributed by atoms with van der Waals surface area (Å²) >= 11 is 5.82. The number of anilines is 1. The number of benzene rings is 1. The highest BCUT2D eigenvalue weighted by atomic mass is 35.5. The molecular formula is C12H17ClN2O2S. The Labute approximate surface area is 113 Å². The lowest BCUT2D eigenvalue weighted by Gasteiger charge is -2.26. The van der Waals surface area contributed by atoms with E-state index in [2.05, 4.69) is 5.32 Å². The van der Waals surface area contributed by atoms with Crippen molar-refractivity contribution in [3.05, 3.63) is 29.3 Å². The predicted molar refractivity (Wildman–Crippen MR) is 75.0 cm³/mol. The molecule has 2 unspecified atom stereocenters. The van der Waals surface area contributed by atoms with Gasteiger partial charge in [0.2, 0.25) is 0 Å². The van der Waals surface area contributed by atoms with Gasteiger partial charge in [-0.2, -0.15) is 0 Å². The van der Waals surface area contributed by atoms with Crippen LogP contribution in [-0.4, -0.2) is 51.0 Å². The van der Waals surface area contributed by atoms with Crippen LogP contribution in [0.15, 0.2) is 24.3 Å². The maximum Gasteiger partial charge on any atom is 0.153 e. The van der Waals surface area contributed by atoms with Crippen LogP contribution in [0.4, 0.5) is 5.69 Å². The van der Waals surface area contributed by atoms with E-state index < -0.39 is 9.84 Å². The number of hydrogen-bond acceptors (Lipinski definition) is 4.